The van der Waals surface area contributed by atoms with E-state index in [1.54, 1.807) is 36.4 Å². The van der Waals surface area contributed by atoms with Gasteiger partial charge in [-0.15, -0.1) is 0 Å². The summed E-state index contributed by atoms with van der Waals surface area (Å²) in [4.78, 5) is 29.4. The number of anilines is 1. The Balaban J connectivity index is 1.78. The molecule has 0 saturated heterocycles. The van der Waals surface area contributed by atoms with Crippen LogP contribution in [0.3, 0.4) is 0 Å². The summed E-state index contributed by atoms with van der Waals surface area (Å²) in [5.74, 6) is -1.41. The SMILES string of the molecule is CCCNC(=O)[C@H](Cc1ccccc1)N(Cc1ccc(F)cc1)C(=O)CN(c1ccc(Cl)cc1)S(=O)(=O)c1ccc(C)cc1. The third-order valence-corrected chi connectivity index (χ3v) is 9.13. The number of hydrogen-bond acceptors (Lipinski definition) is 4. The number of benzene rings is 4. The van der Waals surface area contributed by atoms with E-state index in [2.05, 4.69) is 5.32 Å². The molecule has 0 aliphatic rings. The van der Waals surface area contributed by atoms with E-state index < -0.39 is 34.3 Å². The van der Waals surface area contributed by atoms with Crippen LogP contribution in [0.15, 0.2) is 108 Å². The van der Waals surface area contributed by atoms with Gasteiger partial charge in [-0.05, 0) is 73.0 Å². The highest BCUT2D eigenvalue weighted by Gasteiger charge is 2.34. The Morgan fingerprint density at radius 3 is 2.11 bits per heavy atom. The van der Waals surface area contributed by atoms with Crippen LogP contribution in [-0.4, -0.2) is 44.3 Å². The molecule has 4 aromatic rings. The fraction of sp³-hybridized carbons (Fsp3) is 0.235. The molecule has 0 spiro atoms. The number of aryl methyl sites for hydroxylation is 1. The van der Waals surface area contributed by atoms with Crippen molar-refractivity contribution in [2.24, 2.45) is 0 Å². The van der Waals surface area contributed by atoms with Gasteiger partial charge in [0.05, 0.1) is 10.6 Å². The molecule has 0 aliphatic heterocycles. The number of amides is 2. The Hall–Kier alpha value is -4.21. The molecule has 44 heavy (non-hydrogen) atoms. The fourth-order valence-corrected chi connectivity index (χ4v) is 6.22. The highest BCUT2D eigenvalue weighted by molar-refractivity contribution is 7.92. The van der Waals surface area contributed by atoms with Crippen molar-refractivity contribution in [3.63, 3.8) is 0 Å². The van der Waals surface area contributed by atoms with Gasteiger partial charge in [0.2, 0.25) is 11.8 Å². The van der Waals surface area contributed by atoms with Crippen molar-refractivity contribution in [3.8, 4) is 0 Å². The molecule has 0 fully saturated rings. The zero-order valence-corrected chi connectivity index (χ0v) is 26.2. The van der Waals surface area contributed by atoms with Crippen LogP contribution < -0.4 is 9.62 Å². The Kier molecular flexibility index (Phi) is 11.1. The molecule has 1 N–H and O–H groups in total. The smallest absolute Gasteiger partial charge is 0.264 e. The summed E-state index contributed by atoms with van der Waals surface area (Å²) in [6.07, 6.45) is 0.879. The highest BCUT2D eigenvalue weighted by Crippen LogP contribution is 2.26. The molecule has 4 rings (SSSR count). The molecule has 2 amide bonds. The number of carbonyl (C=O) groups is 2. The van der Waals surface area contributed by atoms with Gasteiger partial charge in [-0.2, -0.15) is 0 Å². The minimum Gasteiger partial charge on any atom is -0.354 e. The van der Waals surface area contributed by atoms with Gasteiger partial charge in [-0.3, -0.25) is 13.9 Å². The molecule has 0 radical (unpaired) electrons. The molecule has 230 valence electrons. The van der Waals surface area contributed by atoms with Crippen LogP contribution >= 0.6 is 11.6 Å². The monoisotopic (exact) mass is 635 g/mol. The summed E-state index contributed by atoms with van der Waals surface area (Å²) in [6, 6.07) is 26.4. The molecule has 1 atom stereocenters. The summed E-state index contributed by atoms with van der Waals surface area (Å²) in [5, 5.41) is 3.30. The average molecular weight is 636 g/mol. The summed E-state index contributed by atoms with van der Waals surface area (Å²) in [5.41, 5.74) is 2.52. The second-order valence-corrected chi connectivity index (χ2v) is 12.7. The molecular formula is C34H35ClFN3O4S. The first kappa shape index (κ1) is 32.7. The predicted octanol–water partition coefficient (Wildman–Crippen LogP) is 6.15. The minimum absolute atomic E-state index is 0.0115. The molecule has 10 heteroatoms. The number of nitrogens with one attached hydrogen (secondary N) is 1. The Morgan fingerprint density at radius 1 is 0.864 bits per heavy atom. The second kappa shape index (κ2) is 15.0. The number of hydrogen-bond donors (Lipinski definition) is 1. The third kappa shape index (κ3) is 8.45. The minimum atomic E-state index is -4.22. The summed E-state index contributed by atoms with van der Waals surface area (Å²) < 4.78 is 42.8. The Bertz CT molecular complexity index is 1650. The van der Waals surface area contributed by atoms with Crippen LogP contribution in [0.1, 0.15) is 30.0 Å². The number of halogens is 2. The average Bonchev–Trinajstić information content (AvgIpc) is 3.02. The highest BCUT2D eigenvalue weighted by atomic mass is 35.5. The molecule has 0 saturated carbocycles. The van der Waals surface area contributed by atoms with Crippen molar-refractivity contribution in [1.29, 1.82) is 0 Å². The van der Waals surface area contributed by atoms with E-state index in [-0.39, 0.29) is 29.5 Å². The maximum absolute atomic E-state index is 14.3. The standard InChI is InChI=1S/C34H35ClFN3O4S/c1-3-21-37-34(41)32(22-26-7-5-4-6-8-26)38(23-27-11-15-29(36)16-12-27)33(40)24-39(30-17-13-28(35)14-18-30)44(42,43)31-19-9-25(2)10-20-31/h4-20,32H,3,21-24H2,1-2H3,(H,37,41)/t32-/m0/s1. The molecule has 7 nitrogen and oxygen atoms in total. The number of nitrogens with zero attached hydrogens (tertiary/aromatic N) is 2. The van der Waals surface area contributed by atoms with Crippen molar-refractivity contribution in [2.45, 2.75) is 44.2 Å². The molecule has 0 heterocycles. The van der Waals surface area contributed by atoms with Crippen molar-refractivity contribution in [3.05, 3.63) is 131 Å². The fourth-order valence-electron chi connectivity index (χ4n) is 4.68. The van der Waals surface area contributed by atoms with Crippen LogP contribution in [0, 0.1) is 12.7 Å². The molecule has 4 aromatic carbocycles. The quantitative estimate of drug-likeness (QED) is 0.191. The molecule has 0 aromatic heterocycles. The maximum Gasteiger partial charge on any atom is 0.264 e. The van der Waals surface area contributed by atoms with E-state index in [4.69, 9.17) is 11.6 Å². The first-order valence-electron chi connectivity index (χ1n) is 14.3. The maximum atomic E-state index is 14.3. The first-order chi connectivity index (χ1) is 21.1. The van der Waals surface area contributed by atoms with Gasteiger partial charge in [-0.25, -0.2) is 12.8 Å². The van der Waals surface area contributed by atoms with E-state index in [0.29, 0.717) is 23.6 Å². The van der Waals surface area contributed by atoms with Crippen LogP contribution in [-0.2, 0) is 32.6 Å². The van der Waals surface area contributed by atoms with Gasteiger partial charge in [-0.1, -0.05) is 78.7 Å². The Morgan fingerprint density at radius 2 is 1.50 bits per heavy atom. The lowest BCUT2D eigenvalue weighted by Crippen LogP contribution is -2.53. The zero-order chi connectivity index (χ0) is 31.7. The molecule has 0 bridgehead atoms. The third-order valence-electron chi connectivity index (χ3n) is 7.09. The van der Waals surface area contributed by atoms with E-state index in [9.17, 15) is 22.4 Å². The zero-order valence-electron chi connectivity index (χ0n) is 24.6. The van der Waals surface area contributed by atoms with Crippen molar-refractivity contribution < 1.29 is 22.4 Å². The Labute approximate surface area is 263 Å². The number of sulfonamides is 1. The summed E-state index contributed by atoms with van der Waals surface area (Å²) in [6.45, 7) is 3.54. The van der Waals surface area contributed by atoms with E-state index in [1.165, 1.54) is 41.3 Å². The molecular weight excluding hydrogens is 601 g/mol. The van der Waals surface area contributed by atoms with E-state index in [0.717, 1.165) is 15.4 Å². The van der Waals surface area contributed by atoms with Crippen LogP contribution in [0.4, 0.5) is 10.1 Å². The number of rotatable bonds is 13. The second-order valence-electron chi connectivity index (χ2n) is 10.4. The summed E-state index contributed by atoms with van der Waals surface area (Å²) in [7, 11) is -4.22. The molecule has 0 unspecified atom stereocenters. The number of carbonyl (C=O) groups excluding carboxylic acids is 2. The van der Waals surface area contributed by atoms with Crippen LogP contribution in [0.5, 0.6) is 0 Å². The largest absolute Gasteiger partial charge is 0.354 e. The normalized spacial score (nSPS) is 11.9. The van der Waals surface area contributed by atoms with Gasteiger partial charge in [0.25, 0.3) is 10.0 Å². The van der Waals surface area contributed by atoms with Crippen molar-refractivity contribution >= 4 is 39.1 Å². The lowest BCUT2D eigenvalue weighted by atomic mass is 10.0. The van der Waals surface area contributed by atoms with Gasteiger partial charge in [0, 0.05) is 24.5 Å². The van der Waals surface area contributed by atoms with Crippen LogP contribution in [0.25, 0.3) is 0 Å². The van der Waals surface area contributed by atoms with E-state index >= 15 is 0 Å². The van der Waals surface area contributed by atoms with Crippen LogP contribution in [0.2, 0.25) is 5.02 Å². The van der Waals surface area contributed by atoms with Gasteiger partial charge >= 0.3 is 0 Å². The molecule has 0 aliphatic carbocycles. The van der Waals surface area contributed by atoms with Crippen molar-refractivity contribution in [1.82, 2.24) is 10.2 Å². The van der Waals surface area contributed by atoms with Gasteiger partial charge in [0.1, 0.15) is 18.4 Å². The van der Waals surface area contributed by atoms with E-state index in [1.807, 2.05) is 44.2 Å². The topological polar surface area (TPSA) is 86.8 Å². The van der Waals surface area contributed by atoms with Gasteiger partial charge < -0.3 is 10.2 Å². The lowest BCUT2D eigenvalue weighted by molar-refractivity contribution is -0.140. The lowest BCUT2D eigenvalue weighted by Gasteiger charge is -2.34. The predicted molar refractivity (Wildman–Crippen MR) is 171 cm³/mol. The first-order valence-corrected chi connectivity index (χ1v) is 16.1. The van der Waals surface area contributed by atoms with Crippen molar-refractivity contribution in [2.75, 3.05) is 17.4 Å². The summed E-state index contributed by atoms with van der Waals surface area (Å²) >= 11 is 6.10. The van der Waals surface area contributed by atoms with Gasteiger partial charge in [0.15, 0.2) is 0 Å².